The minimum atomic E-state index is -0.0764. The highest BCUT2D eigenvalue weighted by Gasteiger charge is 1.90. The van der Waals surface area contributed by atoms with Crippen LogP contribution in [0, 0.1) is 0 Å². The van der Waals surface area contributed by atoms with E-state index in [0.29, 0.717) is 0 Å². The van der Waals surface area contributed by atoms with Crippen molar-refractivity contribution in [2.45, 2.75) is 20.3 Å². The van der Waals surface area contributed by atoms with E-state index in [-0.39, 0.29) is 23.0 Å². The Morgan fingerprint density at radius 3 is 0.842 bits per heavy atom. The van der Waals surface area contributed by atoms with Gasteiger partial charge in [0.15, 0.2) is 23.0 Å². The SMILES string of the molecule is CCC.Oc1ccccc1O.Oc1ccccc1O. The average Bonchev–Trinajstić information content (AvgIpc) is 2.38. The van der Waals surface area contributed by atoms with Gasteiger partial charge in [-0.1, -0.05) is 44.5 Å². The molecule has 4 nitrogen and oxygen atoms in total. The summed E-state index contributed by atoms with van der Waals surface area (Å²) in [7, 11) is 0. The Morgan fingerprint density at radius 1 is 0.579 bits per heavy atom. The number of aromatic hydroxyl groups is 4. The second kappa shape index (κ2) is 9.65. The molecule has 0 aliphatic heterocycles. The molecule has 104 valence electrons. The van der Waals surface area contributed by atoms with Gasteiger partial charge in [0, 0.05) is 0 Å². The van der Waals surface area contributed by atoms with Gasteiger partial charge in [0.25, 0.3) is 0 Å². The number of hydrogen-bond donors (Lipinski definition) is 4. The fraction of sp³-hybridized carbons (Fsp3) is 0.200. The monoisotopic (exact) mass is 264 g/mol. The maximum absolute atomic E-state index is 8.67. The maximum atomic E-state index is 8.67. The Kier molecular flexibility index (Phi) is 8.45. The largest absolute Gasteiger partial charge is 0.504 e. The van der Waals surface area contributed by atoms with Gasteiger partial charge in [-0.2, -0.15) is 0 Å². The van der Waals surface area contributed by atoms with E-state index in [1.807, 2.05) is 0 Å². The average molecular weight is 264 g/mol. The first kappa shape index (κ1) is 16.6. The third-order valence-electron chi connectivity index (χ3n) is 1.76. The van der Waals surface area contributed by atoms with Crippen LogP contribution in [0.3, 0.4) is 0 Å². The molecule has 0 amide bonds. The lowest BCUT2D eigenvalue weighted by atomic mass is 10.3. The van der Waals surface area contributed by atoms with E-state index in [1.54, 1.807) is 24.3 Å². The van der Waals surface area contributed by atoms with Crippen LogP contribution >= 0.6 is 0 Å². The van der Waals surface area contributed by atoms with Crippen LogP contribution in [0.25, 0.3) is 0 Å². The third kappa shape index (κ3) is 7.54. The number of benzene rings is 2. The number of hydrogen-bond acceptors (Lipinski definition) is 4. The summed E-state index contributed by atoms with van der Waals surface area (Å²) in [5, 5.41) is 34.7. The summed E-state index contributed by atoms with van der Waals surface area (Å²) in [5.74, 6) is -0.306. The lowest BCUT2D eigenvalue weighted by Crippen LogP contribution is -1.63. The van der Waals surface area contributed by atoms with Crippen LogP contribution in [0.1, 0.15) is 20.3 Å². The summed E-state index contributed by atoms with van der Waals surface area (Å²) >= 11 is 0. The van der Waals surface area contributed by atoms with Crippen molar-refractivity contribution in [1.82, 2.24) is 0 Å². The van der Waals surface area contributed by atoms with Gasteiger partial charge >= 0.3 is 0 Å². The van der Waals surface area contributed by atoms with Crippen molar-refractivity contribution in [3.8, 4) is 23.0 Å². The quantitative estimate of drug-likeness (QED) is 0.548. The summed E-state index contributed by atoms with van der Waals surface area (Å²) in [5.41, 5.74) is 0. The topological polar surface area (TPSA) is 80.9 Å². The molecule has 2 aromatic carbocycles. The predicted molar refractivity (Wildman–Crippen MR) is 75.5 cm³/mol. The van der Waals surface area contributed by atoms with Gasteiger partial charge in [-0.3, -0.25) is 0 Å². The van der Waals surface area contributed by atoms with Crippen LogP contribution in [0.4, 0.5) is 0 Å². The van der Waals surface area contributed by atoms with Crippen molar-refractivity contribution in [3.63, 3.8) is 0 Å². The molecule has 0 spiro atoms. The Balaban J connectivity index is 0.000000284. The minimum Gasteiger partial charge on any atom is -0.504 e. The molecule has 0 unspecified atom stereocenters. The number of phenols is 4. The van der Waals surface area contributed by atoms with E-state index in [9.17, 15) is 0 Å². The third-order valence-corrected chi connectivity index (χ3v) is 1.76. The van der Waals surface area contributed by atoms with Crippen molar-refractivity contribution in [2.75, 3.05) is 0 Å². The molecule has 2 rings (SSSR count). The van der Waals surface area contributed by atoms with Crippen LogP contribution in [0.5, 0.6) is 23.0 Å². The highest BCUT2D eigenvalue weighted by atomic mass is 16.3. The first-order valence-electron chi connectivity index (χ1n) is 5.96. The Bertz CT molecular complexity index is 384. The normalized spacial score (nSPS) is 8.53. The standard InChI is InChI=1S/2C6H6O2.C3H8/c2*7-5-3-1-2-4-6(5)8;1-3-2/h2*1-4,7-8H;3H2,1-2H3. The lowest BCUT2D eigenvalue weighted by Gasteiger charge is -1.91. The predicted octanol–water partition coefficient (Wildman–Crippen LogP) is 3.61. The first-order valence-corrected chi connectivity index (χ1v) is 5.96. The van der Waals surface area contributed by atoms with E-state index in [0.717, 1.165) is 0 Å². The molecule has 0 bridgehead atoms. The molecule has 19 heavy (non-hydrogen) atoms. The molecule has 0 fully saturated rings. The maximum Gasteiger partial charge on any atom is 0.157 e. The van der Waals surface area contributed by atoms with E-state index in [2.05, 4.69) is 13.8 Å². The molecule has 0 saturated carbocycles. The highest BCUT2D eigenvalue weighted by molar-refractivity contribution is 5.36. The number of para-hydroxylation sites is 4. The van der Waals surface area contributed by atoms with Crippen molar-refractivity contribution in [3.05, 3.63) is 48.5 Å². The molecule has 4 N–H and O–H groups in total. The van der Waals surface area contributed by atoms with Crippen molar-refractivity contribution in [1.29, 1.82) is 0 Å². The second-order valence-corrected chi connectivity index (χ2v) is 3.68. The smallest absolute Gasteiger partial charge is 0.157 e. The van der Waals surface area contributed by atoms with E-state index >= 15 is 0 Å². The van der Waals surface area contributed by atoms with Crippen molar-refractivity contribution >= 4 is 0 Å². The van der Waals surface area contributed by atoms with Crippen LogP contribution in [0.2, 0.25) is 0 Å². The van der Waals surface area contributed by atoms with Crippen molar-refractivity contribution in [2.24, 2.45) is 0 Å². The second-order valence-electron chi connectivity index (χ2n) is 3.68. The molecule has 0 saturated heterocycles. The zero-order valence-electron chi connectivity index (χ0n) is 11.1. The summed E-state index contributed by atoms with van der Waals surface area (Å²) in [6.45, 7) is 4.25. The molecule has 0 heterocycles. The van der Waals surface area contributed by atoms with Crippen LogP contribution < -0.4 is 0 Å². The van der Waals surface area contributed by atoms with E-state index in [1.165, 1.54) is 30.7 Å². The Morgan fingerprint density at radius 2 is 0.737 bits per heavy atom. The fourth-order valence-corrected chi connectivity index (χ4v) is 0.928. The van der Waals surface area contributed by atoms with Gasteiger partial charge in [-0.25, -0.2) is 0 Å². The Hall–Kier alpha value is -2.36. The van der Waals surface area contributed by atoms with Gasteiger partial charge in [0.2, 0.25) is 0 Å². The molecule has 0 aromatic heterocycles. The number of rotatable bonds is 0. The molecule has 0 radical (unpaired) electrons. The van der Waals surface area contributed by atoms with Crippen LogP contribution in [-0.4, -0.2) is 20.4 Å². The minimum absolute atomic E-state index is 0.0764. The fourth-order valence-electron chi connectivity index (χ4n) is 0.928. The summed E-state index contributed by atoms with van der Waals surface area (Å²) in [6, 6.07) is 12.3. The molecule has 0 aliphatic carbocycles. The number of phenolic OH excluding ortho intramolecular Hbond substituents is 4. The molecule has 4 heteroatoms. The van der Waals surface area contributed by atoms with Crippen LogP contribution in [0.15, 0.2) is 48.5 Å². The molecular weight excluding hydrogens is 244 g/mol. The zero-order chi connectivity index (χ0) is 14.7. The summed E-state index contributed by atoms with van der Waals surface area (Å²) < 4.78 is 0. The van der Waals surface area contributed by atoms with Gasteiger partial charge in [-0.05, 0) is 24.3 Å². The van der Waals surface area contributed by atoms with Crippen molar-refractivity contribution < 1.29 is 20.4 Å². The molecule has 0 aliphatic rings. The van der Waals surface area contributed by atoms with Gasteiger partial charge in [0.05, 0.1) is 0 Å². The molecular formula is C15H20O4. The van der Waals surface area contributed by atoms with Gasteiger partial charge < -0.3 is 20.4 Å². The summed E-state index contributed by atoms with van der Waals surface area (Å²) in [4.78, 5) is 0. The summed E-state index contributed by atoms with van der Waals surface area (Å²) in [6.07, 6.45) is 1.25. The molecule has 0 atom stereocenters. The van der Waals surface area contributed by atoms with Gasteiger partial charge in [-0.15, -0.1) is 0 Å². The van der Waals surface area contributed by atoms with Crippen LogP contribution in [-0.2, 0) is 0 Å². The van der Waals surface area contributed by atoms with E-state index < -0.39 is 0 Å². The molecule has 2 aromatic rings. The zero-order valence-corrected chi connectivity index (χ0v) is 11.1. The first-order chi connectivity index (χ1) is 9.02. The van der Waals surface area contributed by atoms with Gasteiger partial charge in [0.1, 0.15) is 0 Å². The highest BCUT2D eigenvalue weighted by Crippen LogP contribution is 2.21. The Labute approximate surface area is 113 Å². The lowest BCUT2D eigenvalue weighted by molar-refractivity contribution is 0.404. The van der Waals surface area contributed by atoms with E-state index in [4.69, 9.17) is 20.4 Å².